The zero-order valence-corrected chi connectivity index (χ0v) is 9.82. The van der Waals surface area contributed by atoms with Crippen LogP contribution >= 0.6 is 0 Å². The molecule has 15 heavy (non-hydrogen) atoms. The average molecular weight is 208 g/mol. The van der Waals surface area contributed by atoms with Crippen LogP contribution < -0.4 is 5.32 Å². The van der Waals surface area contributed by atoms with Gasteiger partial charge < -0.3 is 5.32 Å². The molecule has 0 aliphatic rings. The Labute approximate surface area is 91.4 Å². The number of aromatic nitrogens is 3. The SMILES string of the molecule is C=CCCn1cnc(CNC(C)(C)C)n1. The van der Waals surface area contributed by atoms with Crippen LogP contribution in [0, 0.1) is 0 Å². The molecule has 4 heteroatoms. The third-order valence-corrected chi connectivity index (χ3v) is 1.92. The van der Waals surface area contributed by atoms with Gasteiger partial charge in [0.25, 0.3) is 0 Å². The van der Waals surface area contributed by atoms with Gasteiger partial charge in [-0.25, -0.2) is 4.98 Å². The molecule has 1 rings (SSSR count). The smallest absolute Gasteiger partial charge is 0.164 e. The van der Waals surface area contributed by atoms with E-state index >= 15 is 0 Å². The Balaban J connectivity index is 2.42. The minimum Gasteiger partial charge on any atom is -0.305 e. The Hall–Kier alpha value is -1.16. The van der Waals surface area contributed by atoms with E-state index in [9.17, 15) is 0 Å². The molecule has 0 radical (unpaired) electrons. The number of nitrogens with one attached hydrogen (secondary N) is 1. The topological polar surface area (TPSA) is 42.7 Å². The van der Waals surface area contributed by atoms with Gasteiger partial charge in [0.15, 0.2) is 5.82 Å². The largest absolute Gasteiger partial charge is 0.305 e. The summed E-state index contributed by atoms with van der Waals surface area (Å²) in [6, 6.07) is 0. The average Bonchev–Trinajstić information content (AvgIpc) is 2.58. The third kappa shape index (κ3) is 4.74. The van der Waals surface area contributed by atoms with Gasteiger partial charge in [0.2, 0.25) is 0 Å². The summed E-state index contributed by atoms with van der Waals surface area (Å²) >= 11 is 0. The minimum absolute atomic E-state index is 0.104. The van der Waals surface area contributed by atoms with Crippen LogP contribution in [0.2, 0.25) is 0 Å². The Morgan fingerprint density at radius 2 is 2.27 bits per heavy atom. The second-order valence-electron chi connectivity index (χ2n) is 4.60. The molecule has 0 unspecified atom stereocenters. The number of hydrogen-bond donors (Lipinski definition) is 1. The highest BCUT2D eigenvalue weighted by atomic mass is 15.3. The molecule has 1 N–H and O–H groups in total. The van der Waals surface area contributed by atoms with Crippen molar-refractivity contribution in [2.45, 2.75) is 45.8 Å². The molecule has 0 aliphatic carbocycles. The molecule has 1 aromatic heterocycles. The van der Waals surface area contributed by atoms with E-state index in [1.165, 1.54) is 0 Å². The minimum atomic E-state index is 0.104. The maximum Gasteiger partial charge on any atom is 0.164 e. The molecule has 1 aromatic rings. The summed E-state index contributed by atoms with van der Waals surface area (Å²) < 4.78 is 1.85. The number of nitrogens with zero attached hydrogens (tertiary/aromatic N) is 3. The predicted octanol–water partition coefficient (Wildman–Crippen LogP) is 1.74. The van der Waals surface area contributed by atoms with Crippen molar-refractivity contribution in [2.75, 3.05) is 0 Å². The van der Waals surface area contributed by atoms with Crippen molar-refractivity contribution in [2.24, 2.45) is 0 Å². The zero-order chi connectivity index (χ0) is 11.3. The fourth-order valence-electron chi connectivity index (χ4n) is 1.09. The van der Waals surface area contributed by atoms with E-state index in [4.69, 9.17) is 0 Å². The van der Waals surface area contributed by atoms with Gasteiger partial charge in [-0.3, -0.25) is 4.68 Å². The Morgan fingerprint density at radius 1 is 1.53 bits per heavy atom. The fraction of sp³-hybridized carbons (Fsp3) is 0.636. The summed E-state index contributed by atoms with van der Waals surface area (Å²) in [5.74, 6) is 0.842. The van der Waals surface area contributed by atoms with E-state index < -0.39 is 0 Å². The Kier molecular flexibility index (Phi) is 4.03. The van der Waals surface area contributed by atoms with Gasteiger partial charge in [0.05, 0.1) is 6.54 Å². The van der Waals surface area contributed by atoms with Crippen molar-refractivity contribution in [3.63, 3.8) is 0 Å². The van der Waals surface area contributed by atoms with Crippen molar-refractivity contribution < 1.29 is 0 Å². The molecule has 0 amide bonds. The molecule has 0 aromatic carbocycles. The molecular formula is C11H20N4. The first kappa shape index (κ1) is 11.9. The Morgan fingerprint density at radius 3 is 2.87 bits per heavy atom. The highest BCUT2D eigenvalue weighted by Gasteiger charge is 2.09. The summed E-state index contributed by atoms with van der Waals surface area (Å²) in [5.41, 5.74) is 0.104. The number of hydrogen-bond acceptors (Lipinski definition) is 3. The maximum atomic E-state index is 4.35. The van der Waals surface area contributed by atoms with E-state index in [1.807, 2.05) is 10.8 Å². The van der Waals surface area contributed by atoms with Crippen molar-refractivity contribution in [1.82, 2.24) is 20.1 Å². The van der Waals surface area contributed by atoms with Crippen LogP contribution in [0.15, 0.2) is 19.0 Å². The lowest BCUT2D eigenvalue weighted by molar-refractivity contribution is 0.416. The van der Waals surface area contributed by atoms with Gasteiger partial charge in [-0.05, 0) is 27.2 Å². The normalized spacial score (nSPS) is 11.7. The molecule has 84 valence electrons. The van der Waals surface area contributed by atoms with E-state index in [2.05, 4.69) is 42.7 Å². The van der Waals surface area contributed by atoms with Gasteiger partial charge >= 0.3 is 0 Å². The zero-order valence-electron chi connectivity index (χ0n) is 9.82. The van der Waals surface area contributed by atoms with E-state index in [0.717, 1.165) is 18.8 Å². The summed E-state index contributed by atoms with van der Waals surface area (Å²) in [5, 5.41) is 7.70. The molecule has 0 bridgehead atoms. The molecular weight excluding hydrogens is 188 g/mol. The van der Waals surface area contributed by atoms with Crippen LogP contribution in [-0.2, 0) is 13.1 Å². The van der Waals surface area contributed by atoms with Crippen molar-refractivity contribution in [1.29, 1.82) is 0 Å². The maximum absolute atomic E-state index is 4.35. The summed E-state index contributed by atoms with van der Waals surface area (Å²) in [6.45, 7) is 11.6. The van der Waals surface area contributed by atoms with Crippen LogP contribution in [0.4, 0.5) is 0 Å². The first-order valence-electron chi connectivity index (χ1n) is 5.25. The third-order valence-electron chi connectivity index (χ3n) is 1.92. The molecule has 1 heterocycles. The van der Waals surface area contributed by atoms with Crippen molar-refractivity contribution in [3.05, 3.63) is 24.8 Å². The lowest BCUT2D eigenvalue weighted by Crippen LogP contribution is -2.35. The number of aryl methyl sites for hydroxylation is 1. The van der Waals surface area contributed by atoms with Gasteiger partial charge in [0.1, 0.15) is 6.33 Å². The molecule has 4 nitrogen and oxygen atoms in total. The standard InChI is InChI=1S/C11H20N4/c1-5-6-7-15-9-12-10(14-15)8-13-11(2,3)4/h5,9,13H,1,6-8H2,2-4H3. The second kappa shape index (κ2) is 5.07. The van der Waals surface area contributed by atoms with Crippen LogP contribution in [0.5, 0.6) is 0 Å². The summed E-state index contributed by atoms with van der Waals surface area (Å²) in [6.07, 6.45) is 4.58. The lowest BCUT2D eigenvalue weighted by atomic mass is 10.1. The van der Waals surface area contributed by atoms with Gasteiger partial charge in [-0.2, -0.15) is 5.10 Å². The molecule has 0 saturated carbocycles. The van der Waals surface area contributed by atoms with E-state index in [-0.39, 0.29) is 5.54 Å². The van der Waals surface area contributed by atoms with Crippen molar-refractivity contribution >= 4 is 0 Å². The van der Waals surface area contributed by atoms with Gasteiger partial charge in [0, 0.05) is 12.1 Å². The first-order chi connectivity index (χ1) is 7.01. The first-order valence-corrected chi connectivity index (χ1v) is 5.25. The Bertz CT molecular complexity index is 309. The summed E-state index contributed by atoms with van der Waals surface area (Å²) in [4.78, 5) is 4.23. The van der Waals surface area contributed by atoms with Crippen LogP contribution in [0.25, 0.3) is 0 Å². The lowest BCUT2D eigenvalue weighted by Gasteiger charge is -2.19. The fourth-order valence-corrected chi connectivity index (χ4v) is 1.09. The van der Waals surface area contributed by atoms with Crippen LogP contribution in [-0.4, -0.2) is 20.3 Å². The van der Waals surface area contributed by atoms with Crippen LogP contribution in [0.3, 0.4) is 0 Å². The van der Waals surface area contributed by atoms with Gasteiger partial charge in [-0.1, -0.05) is 6.08 Å². The molecule has 0 spiro atoms. The van der Waals surface area contributed by atoms with E-state index in [0.29, 0.717) is 6.54 Å². The molecule has 0 aliphatic heterocycles. The highest BCUT2D eigenvalue weighted by Crippen LogP contribution is 2.00. The molecule has 0 saturated heterocycles. The van der Waals surface area contributed by atoms with E-state index in [1.54, 1.807) is 6.33 Å². The molecule has 0 atom stereocenters. The van der Waals surface area contributed by atoms with Gasteiger partial charge in [-0.15, -0.1) is 6.58 Å². The van der Waals surface area contributed by atoms with Crippen LogP contribution in [0.1, 0.15) is 33.0 Å². The monoisotopic (exact) mass is 208 g/mol. The highest BCUT2D eigenvalue weighted by molar-refractivity contribution is 4.84. The van der Waals surface area contributed by atoms with Crippen molar-refractivity contribution in [3.8, 4) is 0 Å². The predicted molar refractivity (Wildman–Crippen MR) is 61.4 cm³/mol. The number of allylic oxidation sites excluding steroid dienone is 1. The summed E-state index contributed by atoms with van der Waals surface area (Å²) in [7, 11) is 0. The number of rotatable bonds is 5. The molecule has 0 fully saturated rings. The second-order valence-corrected chi connectivity index (χ2v) is 4.60. The quantitative estimate of drug-likeness (QED) is 0.749.